The molecule has 13 N–H and O–H groups in total. The lowest BCUT2D eigenvalue weighted by Gasteiger charge is -2.71. The van der Waals surface area contributed by atoms with Gasteiger partial charge in [0.2, 0.25) is 6.29 Å². The van der Waals surface area contributed by atoms with Gasteiger partial charge in [0.15, 0.2) is 25.0 Å². The number of carbonyl (C=O) groups is 3. The summed E-state index contributed by atoms with van der Waals surface area (Å²) in [6.45, 7) is 10.1. The highest BCUT2D eigenvalue weighted by molar-refractivity contribution is 5.80. The summed E-state index contributed by atoms with van der Waals surface area (Å²) in [5, 5.41) is 141. The van der Waals surface area contributed by atoms with Crippen LogP contribution < -0.4 is 0 Å². The van der Waals surface area contributed by atoms with Crippen LogP contribution in [0.25, 0.3) is 0 Å². The number of ether oxygens (including phenoxy) is 8. The van der Waals surface area contributed by atoms with Crippen molar-refractivity contribution in [3.63, 3.8) is 0 Å². The van der Waals surface area contributed by atoms with Crippen LogP contribution in [0.5, 0.6) is 0 Å². The van der Waals surface area contributed by atoms with Crippen LogP contribution in [0.15, 0.2) is 11.6 Å². The van der Waals surface area contributed by atoms with E-state index in [4.69, 9.17) is 44.3 Å². The van der Waals surface area contributed by atoms with Gasteiger partial charge in [-0.1, -0.05) is 39.3 Å². The summed E-state index contributed by atoms with van der Waals surface area (Å²) in [4.78, 5) is 41.7. The standard InChI is InChI=1S/C54H80O24/c1-8-49(3)15-16-54(48(70)78-45-37(65)34(62)31(59)22(2)72-45)24(17-49)23-9-10-28-50(4)13-12-30(51(5,21-56)27(50)11-14-52(28,6)53(23,7)18-29(54)58)74-47-42(77-46-38(66)35(63)33(61)26(19-55)73-46)40(39(67)41(76-47)43(68)69)75-44-36(64)32(60)25(57)20-71-44/h1,9,21-22,24-42,44-47,55,57-67H,10-20H2,2-7H3,(H,68,69)/t22-,24+,25-,26-,27?,28?,29-,30+,31+,32+,33+,34+,35+,36-,37-,38-,39+,40+,41+,42-,44+,45+,46+,47-,49-,50+,51+,52-,53-,54-/m1/s1. The Morgan fingerprint density at radius 3 is 2.03 bits per heavy atom. The van der Waals surface area contributed by atoms with Crippen LogP contribution in [0.1, 0.15) is 99.3 Å². The fourth-order valence-electron chi connectivity index (χ4n) is 16.1. The van der Waals surface area contributed by atoms with Gasteiger partial charge in [-0.3, -0.25) is 4.79 Å². The van der Waals surface area contributed by atoms with Crippen LogP contribution in [0.3, 0.4) is 0 Å². The molecule has 9 rings (SSSR count). The third-order valence-electron chi connectivity index (χ3n) is 21.1. The number of hydrogen-bond donors (Lipinski definition) is 13. The fourth-order valence-corrected chi connectivity index (χ4v) is 16.1. The van der Waals surface area contributed by atoms with Gasteiger partial charge >= 0.3 is 11.9 Å². The average molecular weight is 1110 g/mol. The van der Waals surface area contributed by atoms with E-state index in [9.17, 15) is 80.8 Å². The van der Waals surface area contributed by atoms with Gasteiger partial charge in [0.05, 0.1) is 36.9 Å². The van der Waals surface area contributed by atoms with Crippen molar-refractivity contribution in [2.75, 3.05) is 13.2 Å². The van der Waals surface area contributed by atoms with Crippen molar-refractivity contribution in [2.45, 2.75) is 228 Å². The van der Waals surface area contributed by atoms with E-state index in [0.717, 1.165) is 11.9 Å². The van der Waals surface area contributed by atoms with Crippen LogP contribution in [-0.2, 0) is 52.3 Å². The van der Waals surface area contributed by atoms with Crippen molar-refractivity contribution in [2.24, 2.45) is 50.2 Å². The number of aldehydes is 1. The van der Waals surface area contributed by atoms with E-state index < -0.39 is 198 Å². The van der Waals surface area contributed by atoms with E-state index in [1.807, 2.05) is 6.92 Å². The molecule has 0 amide bonds. The Hall–Kier alpha value is -2.85. The lowest BCUT2D eigenvalue weighted by molar-refractivity contribution is -0.391. The molecule has 78 heavy (non-hydrogen) atoms. The molecule has 0 aromatic heterocycles. The van der Waals surface area contributed by atoms with Gasteiger partial charge in [-0.05, 0) is 99.7 Å². The molecule has 24 heteroatoms. The Labute approximate surface area is 451 Å². The Bertz CT molecular complexity index is 2310. The highest BCUT2D eigenvalue weighted by atomic mass is 16.8. The molecule has 440 valence electrons. The number of esters is 1. The predicted molar refractivity (Wildman–Crippen MR) is 261 cm³/mol. The third-order valence-corrected chi connectivity index (χ3v) is 21.1. The molecule has 0 aromatic carbocycles. The second-order valence-electron chi connectivity index (χ2n) is 25.2. The van der Waals surface area contributed by atoms with Crippen molar-refractivity contribution in [1.82, 2.24) is 0 Å². The summed E-state index contributed by atoms with van der Waals surface area (Å²) in [7, 11) is 0. The fraction of sp³-hybridized carbons (Fsp3) is 0.870. The Balaban J connectivity index is 1.03. The molecule has 30 atom stereocenters. The molecule has 0 radical (unpaired) electrons. The number of terminal acetylenes is 1. The van der Waals surface area contributed by atoms with Gasteiger partial charge in [-0.2, -0.15) is 0 Å². The molecule has 4 heterocycles. The highest BCUT2D eigenvalue weighted by Gasteiger charge is 2.73. The largest absolute Gasteiger partial charge is 0.479 e. The quantitative estimate of drug-likeness (QED) is 0.0334. The second-order valence-corrected chi connectivity index (χ2v) is 25.2. The topological polar surface area (TPSA) is 388 Å². The number of aliphatic hydroxyl groups excluding tert-OH is 12. The Morgan fingerprint density at radius 1 is 0.718 bits per heavy atom. The van der Waals surface area contributed by atoms with Crippen LogP contribution in [0.4, 0.5) is 0 Å². The van der Waals surface area contributed by atoms with Crippen molar-refractivity contribution in [3.05, 3.63) is 11.6 Å². The molecule has 0 spiro atoms. The van der Waals surface area contributed by atoms with E-state index >= 15 is 0 Å². The van der Waals surface area contributed by atoms with E-state index in [1.165, 1.54) is 6.92 Å². The van der Waals surface area contributed by atoms with E-state index in [0.29, 0.717) is 38.5 Å². The Kier molecular flexibility index (Phi) is 16.4. The maximum absolute atomic E-state index is 14.8. The molecule has 4 saturated heterocycles. The molecule has 4 aliphatic heterocycles. The molecule has 8 fully saturated rings. The van der Waals surface area contributed by atoms with Crippen LogP contribution in [-0.4, -0.2) is 227 Å². The molecular weight excluding hydrogens is 1030 g/mol. The molecule has 9 aliphatic rings. The summed E-state index contributed by atoms with van der Waals surface area (Å²) in [5.41, 5.74) is -4.61. The molecular formula is C54H80O24. The van der Waals surface area contributed by atoms with Crippen LogP contribution in [0.2, 0.25) is 0 Å². The van der Waals surface area contributed by atoms with Gasteiger partial charge in [-0.25, -0.2) is 4.79 Å². The summed E-state index contributed by atoms with van der Waals surface area (Å²) in [6, 6.07) is 0. The summed E-state index contributed by atoms with van der Waals surface area (Å²) in [5.74, 6) is -0.786. The summed E-state index contributed by atoms with van der Waals surface area (Å²) >= 11 is 0. The van der Waals surface area contributed by atoms with Gasteiger partial charge in [0, 0.05) is 11.3 Å². The molecule has 2 unspecified atom stereocenters. The van der Waals surface area contributed by atoms with Crippen molar-refractivity contribution >= 4 is 18.2 Å². The first kappa shape index (κ1) is 59.8. The number of fused-ring (bicyclic) bond motifs is 7. The summed E-state index contributed by atoms with van der Waals surface area (Å²) < 4.78 is 47.6. The van der Waals surface area contributed by atoms with E-state index in [-0.39, 0.29) is 25.2 Å². The first-order valence-electron chi connectivity index (χ1n) is 27.2. The molecule has 0 aromatic rings. The van der Waals surface area contributed by atoms with E-state index in [2.05, 4.69) is 32.8 Å². The first-order valence-corrected chi connectivity index (χ1v) is 27.2. The molecule has 4 saturated carbocycles. The number of carbonyl (C=O) groups excluding carboxylic acids is 2. The van der Waals surface area contributed by atoms with Gasteiger partial charge in [0.1, 0.15) is 91.1 Å². The van der Waals surface area contributed by atoms with E-state index in [1.54, 1.807) is 6.92 Å². The second kappa shape index (κ2) is 21.4. The average Bonchev–Trinajstić information content (AvgIpc) is 3.35. The maximum Gasteiger partial charge on any atom is 0.335 e. The first-order chi connectivity index (χ1) is 36.5. The normalized spacial score (nSPS) is 55.1. The smallest absolute Gasteiger partial charge is 0.335 e. The van der Waals surface area contributed by atoms with Gasteiger partial charge in [-0.15, -0.1) is 12.3 Å². The summed E-state index contributed by atoms with van der Waals surface area (Å²) in [6.07, 6.45) is -24.3. The number of carboxylic acid groups (broad SMARTS) is 1. The van der Waals surface area contributed by atoms with Gasteiger partial charge < -0.3 is 109 Å². The van der Waals surface area contributed by atoms with Crippen molar-refractivity contribution < 1.29 is 119 Å². The van der Waals surface area contributed by atoms with Crippen molar-refractivity contribution in [1.29, 1.82) is 0 Å². The van der Waals surface area contributed by atoms with Crippen molar-refractivity contribution in [3.8, 4) is 12.3 Å². The van der Waals surface area contributed by atoms with Crippen LogP contribution >= 0.6 is 0 Å². The molecule has 5 aliphatic carbocycles. The Morgan fingerprint density at radius 2 is 1.37 bits per heavy atom. The number of allylic oxidation sites excluding steroid dienone is 2. The molecule has 0 bridgehead atoms. The highest BCUT2D eigenvalue weighted by Crippen LogP contribution is 2.76. The maximum atomic E-state index is 14.8. The lowest BCUT2D eigenvalue weighted by atomic mass is 9.33. The SMILES string of the molecule is C#C[C@]1(C)CC[C@]2(C(=O)O[C@@H]3O[C@H](C)[C@H](O)[C@H](O)[C@H]3O)[C@H](O)C[C@]3(C)C(=CCC4[C@@]5(C)CC[C@H](O[C@@H]6O[C@H](C(=O)O)[C@@H](O)[C@H](O[C@@H]7OC[C@@H](O)[C@H](O)[C@H]7O)[C@H]6O[C@@H]6O[C@H](CO)[C@H](O)[C@H](O)[C@H]6O)[C@@](C)(C=O)C5CC[C@]43C)[C@@H]2C1. The number of aliphatic hydroxyl groups is 12. The zero-order valence-corrected chi connectivity index (χ0v) is 44.7. The van der Waals surface area contributed by atoms with Crippen LogP contribution in [0, 0.1) is 62.6 Å². The minimum absolute atomic E-state index is 0.130. The predicted octanol–water partition coefficient (Wildman–Crippen LogP) is -2.51. The molecule has 24 nitrogen and oxygen atoms in total. The number of aliphatic carboxylic acids is 1. The zero-order valence-electron chi connectivity index (χ0n) is 44.7. The number of carboxylic acids is 1. The minimum atomic E-state index is -2.18. The third kappa shape index (κ3) is 9.23. The van der Waals surface area contributed by atoms with Gasteiger partial charge in [0.25, 0.3) is 0 Å². The zero-order chi connectivity index (χ0) is 57.1. The monoisotopic (exact) mass is 1110 g/mol. The lowest BCUT2D eigenvalue weighted by Crippen LogP contribution is -2.69. The number of rotatable bonds is 11. The minimum Gasteiger partial charge on any atom is -0.479 e. The number of hydrogen-bond acceptors (Lipinski definition) is 23.